The maximum atomic E-state index is 13.2. The summed E-state index contributed by atoms with van der Waals surface area (Å²) in [5.74, 6) is 1.61. The fourth-order valence-corrected chi connectivity index (χ4v) is 3.45. The van der Waals surface area contributed by atoms with Gasteiger partial charge in [-0.1, -0.05) is 43.9 Å². The Hall–Kier alpha value is -0.980. The van der Waals surface area contributed by atoms with Crippen molar-refractivity contribution in [2.75, 3.05) is 0 Å². The van der Waals surface area contributed by atoms with E-state index < -0.39 is 0 Å². The topological polar surface area (TPSA) is 0 Å². The van der Waals surface area contributed by atoms with Crippen molar-refractivity contribution in [1.82, 2.24) is 0 Å². The van der Waals surface area contributed by atoms with E-state index in [0.717, 1.165) is 24.7 Å². The van der Waals surface area contributed by atoms with Crippen LogP contribution in [0.15, 0.2) is 53.6 Å². The first-order valence-corrected chi connectivity index (χ1v) is 8.93. The van der Waals surface area contributed by atoms with Crippen LogP contribution >= 0.6 is 12.6 Å². The molecule has 0 bridgehead atoms. The van der Waals surface area contributed by atoms with Gasteiger partial charge in [0.15, 0.2) is 5.83 Å². The molecule has 0 spiro atoms. The van der Waals surface area contributed by atoms with Crippen LogP contribution in [0.4, 0.5) is 4.39 Å². The van der Waals surface area contributed by atoms with Gasteiger partial charge in [-0.25, -0.2) is 0 Å². The first-order valence-electron chi connectivity index (χ1n) is 8.41. The van der Waals surface area contributed by atoms with Crippen LogP contribution in [0.1, 0.15) is 46.0 Å². The summed E-state index contributed by atoms with van der Waals surface area (Å²) in [6, 6.07) is 0. The van der Waals surface area contributed by atoms with Crippen LogP contribution in [0.2, 0.25) is 0 Å². The van der Waals surface area contributed by atoms with Crippen molar-refractivity contribution in [3.05, 3.63) is 53.6 Å². The van der Waals surface area contributed by atoms with Gasteiger partial charge in [-0.05, 0) is 66.9 Å². The zero-order valence-electron chi connectivity index (χ0n) is 13.6. The Morgan fingerprint density at radius 3 is 2.86 bits per heavy atom. The fraction of sp³-hybridized carbons (Fsp3) is 0.550. The summed E-state index contributed by atoms with van der Waals surface area (Å²) >= 11 is 4.49. The van der Waals surface area contributed by atoms with Crippen LogP contribution in [-0.4, -0.2) is 5.25 Å². The Bertz CT molecular complexity index is 518. The average molecular weight is 319 g/mol. The predicted molar refractivity (Wildman–Crippen MR) is 96.7 cm³/mol. The average Bonchev–Trinajstić information content (AvgIpc) is 2.85. The molecular weight excluding hydrogens is 291 g/mol. The van der Waals surface area contributed by atoms with Gasteiger partial charge in [-0.3, -0.25) is 0 Å². The van der Waals surface area contributed by atoms with Gasteiger partial charge in [-0.2, -0.15) is 17.0 Å². The highest BCUT2D eigenvalue weighted by Gasteiger charge is 2.21. The molecule has 120 valence electrons. The minimum atomic E-state index is -0.295. The van der Waals surface area contributed by atoms with Crippen molar-refractivity contribution in [1.29, 1.82) is 0 Å². The third kappa shape index (κ3) is 5.34. The lowest BCUT2D eigenvalue weighted by Crippen LogP contribution is -2.13. The van der Waals surface area contributed by atoms with Gasteiger partial charge in [-0.15, -0.1) is 0 Å². The number of thiol groups is 1. The van der Waals surface area contributed by atoms with Crippen molar-refractivity contribution in [2.24, 2.45) is 17.8 Å². The van der Waals surface area contributed by atoms with E-state index in [-0.39, 0.29) is 5.83 Å². The molecule has 0 radical (unpaired) electrons. The summed E-state index contributed by atoms with van der Waals surface area (Å²) < 4.78 is 13.2. The molecule has 0 N–H and O–H groups in total. The first kappa shape index (κ1) is 17.4. The van der Waals surface area contributed by atoms with E-state index in [1.54, 1.807) is 6.08 Å². The van der Waals surface area contributed by atoms with Gasteiger partial charge < -0.3 is 0 Å². The molecule has 0 aromatic carbocycles. The van der Waals surface area contributed by atoms with Gasteiger partial charge in [0.1, 0.15) is 0 Å². The molecule has 4 atom stereocenters. The standard InChI is InChI=1S/C20H27FS/c1-15(9-10-16(2)22)17-5-3-6-18(12-11-17)19-7-4-8-20(21)14-13-19/h3-4,6-7,13-18,22H,5,9-12H2,1-2H3. The van der Waals surface area contributed by atoms with Crippen molar-refractivity contribution in [3.8, 4) is 0 Å². The number of allylic oxidation sites excluding steroid dienone is 7. The van der Waals surface area contributed by atoms with Crippen molar-refractivity contribution >= 4 is 12.6 Å². The lowest BCUT2D eigenvalue weighted by molar-refractivity contribution is 0.308. The molecule has 0 fully saturated rings. The zero-order valence-corrected chi connectivity index (χ0v) is 14.5. The van der Waals surface area contributed by atoms with E-state index in [1.807, 2.05) is 12.2 Å². The molecule has 2 aliphatic rings. The predicted octanol–water partition coefficient (Wildman–Crippen LogP) is 6.20. The van der Waals surface area contributed by atoms with Gasteiger partial charge >= 0.3 is 0 Å². The molecule has 2 aliphatic carbocycles. The maximum Gasteiger partial charge on any atom is 0.165 e. The van der Waals surface area contributed by atoms with E-state index in [9.17, 15) is 4.39 Å². The summed E-state index contributed by atoms with van der Waals surface area (Å²) in [5, 5.41) is 0.493. The highest BCUT2D eigenvalue weighted by Crippen LogP contribution is 2.34. The summed E-state index contributed by atoms with van der Waals surface area (Å²) in [6.07, 6.45) is 17.7. The Kier molecular flexibility index (Phi) is 6.79. The lowest BCUT2D eigenvalue weighted by Gasteiger charge is -2.23. The van der Waals surface area contributed by atoms with E-state index in [4.69, 9.17) is 0 Å². The third-order valence-electron chi connectivity index (χ3n) is 4.85. The second-order valence-electron chi connectivity index (χ2n) is 6.67. The zero-order chi connectivity index (χ0) is 15.9. The molecule has 0 nitrogen and oxygen atoms in total. The minimum Gasteiger partial charge on any atom is -0.198 e. The largest absolute Gasteiger partial charge is 0.198 e. The number of hydrogen-bond donors (Lipinski definition) is 1. The van der Waals surface area contributed by atoms with Crippen LogP contribution < -0.4 is 0 Å². The van der Waals surface area contributed by atoms with Crippen LogP contribution in [0.25, 0.3) is 0 Å². The lowest BCUT2D eigenvalue weighted by atomic mass is 9.83. The molecule has 0 amide bonds. The second-order valence-corrected chi connectivity index (χ2v) is 7.55. The van der Waals surface area contributed by atoms with Gasteiger partial charge in [0.25, 0.3) is 0 Å². The van der Waals surface area contributed by atoms with Crippen LogP contribution in [-0.2, 0) is 0 Å². The second kappa shape index (κ2) is 8.60. The molecule has 0 saturated carbocycles. The molecule has 0 saturated heterocycles. The summed E-state index contributed by atoms with van der Waals surface area (Å²) in [6.45, 7) is 4.55. The molecule has 0 aromatic rings. The Morgan fingerprint density at radius 1 is 1.27 bits per heavy atom. The van der Waals surface area contributed by atoms with Crippen molar-refractivity contribution < 1.29 is 4.39 Å². The Balaban J connectivity index is 1.92. The maximum absolute atomic E-state index is 13.2. The monoisotopic (exact) mass is 318 g/mol. The van der Waals surface area contributed by atoms with Crippen LogP contribution in [0.3, 0.4) is 0 Å². The van der Waals surface area contributed by atoms with Gasteiger partial charge in [0, 0.05) is 5.92 Å². The molecule has 22 heavy (non-hydrogen) atoms. The summed E-state index contributed by atoms with van der Waals surface area (Å²) in [4.78, 5) is 0. The van der Waals surface area contributed by atoms with E-state index in [2.05, 4.69) is 44.4 Å². The smallest absolute Gasteiger partial charge is 0.165 e. The Morgan fingerprint density at radius 2 is 2.09 bits per heavy atom. The highest BCUT2D eigenvalue weighted by molar-refractivity contribution is 7.80. The fourth-order valence-electron chi connectivity index (χ4n) is 3.30. The summed E-state index contributed by atoms with van der Waals surface area (Å²) in [7, 11) is 0. The quantitative estimate of drug-likeness (QED) is 0.348. The molecule has 0 aromatic heterocycles. The SMILES string of the molecule is CC(S)CCC(C)C1CC=CC(C2=CC=C=C(F)C=C2)CC1. The molecular formula is C20H27FS. The van der Waals surface area contributed by atoms with E-state index in [0.29, 0.717) is 11.2 Å². The number of hydrogen-bond acceptors (Lipinski definition) is 1. The molecule has 2 rings (SSSR count). The Labute approximate surface area is 140 Å². The van der Waals surface area contributed by atoms with Crippen LogP contribution in [0, 0.1) is 17.8 Å². The van der Waals surface area contributed by atoms with Gasteiger partial charge in [0.05, 0.1) is 0 Å². The number of halogens is 1. The van der Waals surface area contributed by atoms with Crippen molar-refractivity contribution in [3.63, 3.8) is 0 Å². The summed E-state index contributed by atoms with van der Waals surface area (Å²) in [5.41, 5.74) is 3.80. The number of rotatable bonds is 5. The first-order chi connectivity index (χ1) is 10.6. The molecule has 0 aliphatic heterocycles. The highest BCUT2D eigenvalue weighted by atomic mass is 32.1. The molecule has 4 unspecified atom stereocenters. The normalized spacial score (nSPS) is 27.6. The minimum absolute atomic E-state index is 0.295. The third-order valence-corrected chi connectivity index (χ3v) is 5.11. The van der Waals surface area contributed by atoms with Crippen molar-refractivity contribution in [2.45, 2.75) is 51.2 Å². The molecule has 0 heterocycles. The van der Waals surface area contributed by atoms with Gasteiger partial charge in [0.2, 0.25) is 0 Å². The van der Waals surface area contributed by atoms with Crippen LogP contribution in [0.5, 0.6) is 0 Å². The van der Waals surface area contributed by atoms with E-state index >= 15 is 0 Å². The molecule has 2 heteroatoms. The van der Waals surface area contributed by atoms with E-state index in [1.165, 1.54) is 30.9 Å².